The van der Waals surface area contributed by atoms with Gasteiger partial charge in [0.15, 0.2) is 0 Å². The van der Waals surface area contributed by atoms with Gasteiger partial charge < -0.3 is 0 Å². The maximum absolute atomic E-state index is 9.75. The summed E-state index contributed by atoms with van der Waals surface area (Å²) in [5, 5.41) is 0. The van der Waals surface area contributed by atoms with E-state index in [1.54, 1.807) is 0 Å². The van der Waals surface area contributed by atoms with E-state index in [2.05, 4.69) is 0 Å². The molecule has 0 saturated heterocycles. The summed E-state index contributed by atoms with van der Waals surface area (Å²) in [6.07, 6.45) is 2.33. The van der Waals surface area contributed by atoms with Gasteiger partial charge in [0.05, 0.1) is 0 Å². The average Bonchev–Trinajstić information content (AvgIpc) is 1.78. The van der Waals surface area contributed by atoms with E-state index in [4.69, 9.17) is 14.7 Å². The van der Waals surface area contributed by atoms with Gasteiger partial charge in [0.1, 0.15) is 0 Å². The van der Waals surface area contributed by atoms with Crippen LogP contribution in [0.5, 0.6) is 0 Å². The van der Waals surface area contributed by atoms with Gasteiger partial charge >= 0.3 is 59.1 Å². The Morgan fingerprint density at radius 2 is 1.80 bits per heavy atom. The van der Waals surface area contributed by atoms with E-state index in [-0.39, 0.29) is 6.16 Å². The van der Waals surface area contributed by atoms with Crippen LogP contribution in [-0.4, -0.2) is 27.1 Å². The molecule has 0 aromatic rings. The first-order valence-corrected chi connectivity index (χ1v) is 5.22. The van der Waals surface area contributed by atoms with E-state index >= 15 is 0 Å². The normalized spacial score (nSPS) is 13.1. The molecule has 3 N–H and O–H groups in total. The zero-order valence-electron chi connectivity index (χ0n) is 5.66. The quantitative estimate of drug-likeness (QED) is 0.302. The van der Waals surface area contributed by atoms with Crippen LogP contribution in [0, 0.1) is 0 Å². The molecule has 0 aromatic heterocycles. The monoisotopic (exact) mass is 168 g/mol. The summed E-state index contributed by atoms with van der Waals surface area (Å²) in [5.74, 6) is 0. The van der Waals surface area contributed by atoms with Crippen LogP contribution in [0.3, 0.4) is 0 Å². The number of hydrogen-bond acceptors (Lipinski definition) is 4. The molecule has 0 unspecified atom stereocenters. The molecule has 0 radical (unpaired) electrons. The van der Waals surface area contributed by atoms with Crippen LogP contribution < -0.4 is 0 Å². The Hall–Kier alpha value is -0.0200. The molecule has 0 heterocycles. The van der Waals surface area contributed by atoms with Crippen molar-refractivity contribution in [1.29, 1.82) is 0 Å². The van der Waals surface area contributed by atoms with Crippen LogP contribution in [0.4, 0.5) is 0 Å². The van der Waals surface area contributed by atoms with E-state index in [0.29, 0.717) is 19.3 Å². The Labute approximate surface area is 60.1 Å². The number of carbonyl (C=O) groups excluding carboxylic acids is 1. The first kappa shape index (κ1) is 9.98. The third-order valence-corrected chi connectivity index (χ3v) is 2.11. The van der Waals surface area contributed by atoms with Crippen molar-refractivity contribution >= 4 is 14.2 Å². The third-order valence-electron chi connectivity index (χ3n) is 1.08. The van der Waals surface area contributed by atoms with Gasteiger partial charge in [-0.15, -0.1) is 0 Å². The predicted molar refractivity (Wildman–Crippen MR) is 39.8 cm³/mol. The fourth-order valence-electron chi connectivity index (χ4n) is 0.590. The molecule has 5 heteroatoms. The van der Waals surface area contributed by atoms with Crippen LogP contribution in [-0.2, 0) is 4.79 Å². The summed E-state index contributed by atoms with van der Waals surface area (Å²) >= 11 is 0. The number of aldehydes is 1. The Balaban J connectivity index is 3.12. The molecule has 10 heavy (non-hydrogen) atoms. The Morgan fingerprint density at radius 3 is 2.20 bits per heavy atom. The standard InChI is InChI=1S/C5H13O4P/c6-4-2-1-3-5-10(7,8)9/h4,7-10H,1-3,5H2. The molecule has 0 fully saturated rings. The second kappa shape index (κ2) is 4.74. The summed E-state index contributed by atoms with van der Waals surface area (Å²) < 4.78 is 0. The van der Waals surface area contributed by atoms with Gasteiger partial charge in [0.2, 0.25) is 0 Å². The van der Waals surface area contributed by atoms with Crippen molar-refractivity contribution in [1.82, 2.24) is 0 Å². The molecule has 0 spiro atoms. The number of unbranched alkanes of at least 4 members (excludes halogenated alkanes) is 2. The zero-order valence-corrected chi connectivity index (χ0v) is 6.66. The Morgan fingerprint density at radius 1 is 1.20 bits per heavy atom. The molecule has 0 bridgehead atoms. The molecular weight excluding hydrogens is 155 g/mol. The second-order valence-electron chi connectivity index (χ2n) is 2.19. The van der Waals surface area contributed by atoms with Gasteiger partial charge in [-0.2, -0.15) is 0 Å². The summed E-state index contributed by atoms with van der Waals surface area (Å²) in [6.45, 7) is 0. The van der Waals surface area contributed by atoms with E-state index in [9.17, 15) is 4.79 Å². The molecule has 0 aliphatic heterocycles. The molecule has 62 valence electrons. The zero-order chi connectivity index (χ0) is 8.04. The van der Waals surface area contributed by atoms with Crippen molar-refractivity contribution in [3.8, 4) is 0 Å². The summed E-state index contributed by atoms with van der Waals surface area (Å²) in [7, 11) is -3.82. The van der Waals surface area contributed by atoms with E-state index in [1.165, 1.54) is 0 Å². The molecule has 0 aliphatic carbocycles. The molecule has 0 rings (SSSR count). The van der Waals surface area contributed by atoms with Gasteiger partial charge in [-0.3, -0.25) is 0 Å². The van der Waals surface area contributed by atoms with Crippen molar-refractivity contribution in [2.45, 2.75) is 19.3 Å². The van der Waals surface area contributed by atoms with Crippen molar-refractivity contribution in [2.24, 2.45) is 0 Å². The number of hydrogen-bond donors (Lipinski definition) is 3. The third kappa shape index (κ3) is 7.98. The molecule has 4 nitrogen and oxygen atoms in total. The Bertz CT molecular complexity index is 98.3. The molecule has 0 aliphatic rings. The minimum absolute atomic E-state index is 0.0286. The topological polar surface area (TPSA) is 77.8 Å². The first-order valence-electron chi connectivity index (χ1n) is 3.17. The van der Waals surface area contributed by atoms with Gasteiger partial charge in [-0.25, -0.2) is 0 Å². The molecule has 0 aromatic carbocycles. The fourth-order valence-corrected chi connectivity index (χ4v) is 1.31. The number of carbonyl (C=O) groups is 1. The van der Waals surface area contributed by atoms with Crippen LogP contribution in [0.2, 0.25) is 0 Å². The van der Waals surface area contributed by atoms with Gasteiger partial charge in [0.25, 0.3) is 0 Å². The van der Waals surface area contributed by atoms with Crippen LogP contribution >= 0.6 is 7.94 Å². The van der Waals surface area contributed by atoms with Gasteiger partial charge in [0, 0.05) is 0 Å². The summed E-state index contributed by atoms with van der Waals surface area (Å²) in [6, 6.07) is 0. The van der Waals surface area contributed by atoms with E-state index in [1.807, 2.05) is 0 Å². The SMILES string of the molecule is O=CCCCC[PH](O)(O)O. The van der Waals surface area contributed by atoms with E-state index in [0.717, 1.165) is 6.29 Å². The molecule has 0 saturated carbocycles. The Kier molecular flexibility index (Phi) is 4.73. The van der Waals surface area contributed by atoms with Crippen molar-refractivity contribution in [3.63, 3.8) is 0 Å². The van der Waals surface area contributed by atoms with Crippen molar-refractivity contribution in [2.75, 3.05) is 6.16 Å². The van der Waals surface area contributed by atoms with Crippen molar-refractivity contribution in [3.05, 3.63) is 0 Å². The van der Waals surface area contributed by atoms with E-state index < -0.39 is 7.94 Å². The van der Waals surface area contributed by atoms with Gasteiger partial charge in [-0.05, 0) is 0 Å². The maximum atomic E-state index is 9.75. The molecule has 0 atom stereocenters. The number of rotatable bonds is 5. The fraction of sp³-hybridized carbons (Fsp3) is 0.800. The minimum atomic E-state index is -3.82. The second-order valence-corrected chi connectivity index (χ2v) is 4.24. The molecular formula is C5H13O4P. The van der Waals surface area contributed by atoms with Gasteiger partial charge in [-0.1, -0.05) is 0 Å². The summed E-state index contributed by atoms with van der Waals surface area (Å²) in [5.41, 5.74) is 0. The van der Waals surface area contributed by atoms with Crippen LogP contribution in [0.15, 0.2) is 0 Å². The average molecular weight is 168 g/mol. The van der Waals surface area contributed by atoms with Crippen LogP contribution in [0.1, 0.15) is 19.3 Å². The van der Waals surface area contributed by atoms with Crippen molar-refractivity contribution < 1.29 is 19.5 Å². The predicted octanol–water partition coefficient (Wildman–Crippen LogP) is -0.173. The summed E-state index contributed by atoms with van der Waals surface area (Å²) in [4.78, 5) is 35.2. The van der Waals surface area contributed by atoms with Crippen LogP contribution in [0.25, 0.3) is 0 Å². The first-order chi connectivity index (χ1) is 4.56. The molecule has 0 amide bonds.